The third-order valence-corrected chi connectivity index (χ3v) is 13.7. The van der Waals surface area contributed by atoms with Crippen LogP contribution in [0.3, 0.4) is 0 Å². The van der Waals surface area contributed by atoms with Crippen molar-refractivity contribution in [2.24, 2.45) is 38.8 Å². The molecule has 78 heavy (non-hydrogen) atoms. The van der Waals surface area contributed by atoms with Gasteiger partial charge in [0.15, 0.2) is 11.9 Å². The number of fused-ring (bicyclic) bond motifs is 1. The highest BCUT2D eigenvalue weighted by molar-refractivity contribution is 5.98. The molecule has 0 unspecified atom stereocenters. The number of H-pyrrole nitrogens is 1. The van der Waals surface area contributed by atoms with Crippen LogP contribution in [0, 0.1) is 5.92 Å². The predicted octanol–water partition coefficient (Wildman–Crippen LogP) is -3.30. The van der Waals surface area contributed by atoms with Crippen LogP contribution in [0.4, 0.5) is 0 Å². The van der Waals surface area contributed by atoms with Crippen molar-refractivity contribution in [2.75, 3.05) is 39.3 Å². The van der Waals surface area contributed by atoms with Crippen LogP contribution in [0.15, 0.2) is 40.4 Å². The molecule has 0 saturated carbocycles. The minimum absolute atomic E-state index is 0.0205. The van der Waals surface area contributed by atoms with Gasteiger partial charge in [-0.1, -0.05) is 32.0 Å². The molecule has 428 valence electrons. The molecule has 5 rings (SSSR count). The average Bonchev–Trinajstić information content (AvgIpc) is 4.26. The first-order valence-corrected chi connectivity index (χ1v) is 26.4. The van der Waals surface area contributed by atoms with Crippen molar-refractivity contribution in [1.82, 2.24) is 52.0 Å². The summed E-state index contributed by atoms with van der Waals surface area (Å²) in [6.45, 7) is 3.75. The highest BCUT2D eigenvalue weighted by atomic mass is 16.4. The molecule has 0 aliphatic carbocycles. The zero-order valence-corrected chi connectivity index (χ0v) is 44.1. The summed E-state index contributed by atoms with van der Waals surface area (Å²) in [6, 6.07) is -1.91. The number of likely N-dealkylation sites (tertiary alicyclic amines) is 2. The Balaban J connectivity index is 1.30. The van der Waals surface area contributed by atoms with Crippen molar-refractivity contribution in [2.45, 2.75) is 146 Å². The average molecular weight is 1090 g/mol. The maximum atomic E-state index is 14.6. The lowest BCUT2D eigenvalue weighted by molar-refractivity contribution is -0.150. The number of aliphatic carboxylic acids is 2. The molecule has 28 nitrogen and oxygen atoms in total. The number of hydrogen-bond donors (Lipinski definition) is 14. The number of carbonyl (C=O) groups excluding carboxylic acids is 8. The molecule has 1 aromatic carbocycles. The standard InChI is InChI=1S/C50H76N16O12/c1-27(2)22-35(46(75)66-21-9-16-38(66)48(77)78)63-44(73)34(24-40(68)69)60-39(67)26-59-41(70)32(13-6-18-56-49(51)52)61-43(72)33(14-7-19-57-50(53)54)62-45(74)37-15-8-20-65(37)47(76)36(64-42(71)31-12-5-17-55-31)23-28-25-58-30-11-4-3-10-29(28)30/h3-4,10-11,25,27,31-38,55,58H,5-9,12-24,26H2,1-2H3,(H,59,70)(H,60,67)(H,61,72)(H,62,74)(H,63,73)(H,64,71)(H,68,69)(H,77,78)(H4,51,52,56)(H4,53,54,57)/t31-,32-,33-,34-,35-,36-,37-,38-/m0/s1. The zero-order valence-electron chi connectivity index (χ0n) is 44.1. The second kappa shape index (κ2) is 29.5. The smallest absolute Gasteiger partial charge is 0.326 e. The Morgan fingerprint density at radius 1 is 0.679 bits per heavy atom. The molecule has 3 fully saturated rings. The number of carboxylic acid groups (broad SMARTS) is 2. The van der Waals surface area contributed by atoms with Crippen LogP contribution < -0.4 is 60.2 Å². The summed E-state index contributed by atoms with van der Waals surface area (Å²) in [5.41, 5.74) is 23.7. The molecule has 3 aliphatic heterocycles. The lowest BCUT2D eigenvalue weighted by atomic mass is 10.0. The quantitative estimate of drug-likeness (QED) is 0.0216. The Hall–Kier alpha value is -8.04. The van der Waals surface area contributed by atoms with E-state index in [2.05, 4.69) is 52.2 Å². The number of para-hydroxylation sites is 1. The Morgan fingerprint density at radius 3 is 1.86 bits per heavy atom. The first-order valence-electron chi connectivity index (χ1n) is 26.4. The Morgan fingerprint density at radius 2 is 1.26 bits per heavy atom. The highest BCUT2D eigenvalue weighted by Crippen LogP contribution is 2.24. The number of aromatic amines is 1. The topological polar surface area (TPSA) is 446 Å². The van der Waals surface area contributed by atoms with E-state index in [1.54, 1.807) is 20.0 Å². The Kier molecular flexibility index (Phi) is 23.0. The van der Waals surface area contributed by atoms with Crippen LogP contribution in [0.5, 0.6) is 0 Å². The molecule has 8 amide bonds. The molecule has 18 N–H and O–H groups in total. The van der Waals surface area contributed by atoms with Gasteiger partial charge in [0.2, 0.25) is 47.3 Å². The molecule has 3 aliphatic rings. The van der Waals surface area contributed by atoms with E-state index >= 15 is 0 Å². The van der Waals surface area contributed by atoms with Crippen LogP contribution >= 0.6 is 0 Å². The summed E-state index contributed by atoms with van der Waals surface area (Å²) in [7, 11) is 0. The summed E-state index contributed by atoms with van der Waals surface area (Å²) in [5.74, 6) is -9.32. The number of amides is 8. The van der Waals surface area contributed by atoms with Gasteiger partial charge in [0, 0.05) is 49.7 Å². The zero-order chi connectivity index (χ0) is 57.1. The highest BCUT2D eigenvalue weighted by Gasteiger charge is 2.41. The third-order valence-electron chi connectivity index (χ3n) is 13.7. The maximum Gasteiger partial charge on any atom is 0.326 e. The van der Waals surface area contributed by atoms with Crippen molar-refractivity contribution in [3.05, 3.63) is 36.0 Å². The molecule has 0 bridgehead atoms. The van der Waals surface area contributed by atoms with Crippen LogP contribution in [0.2, 0.25) is 0 Å². The van der Waals surface area contributed by atoms with Crippen molar-refractivity contribution < 1.29 is 58.2 Å². The van der Waals surface area contributed by atoms with Crippen LogP contribution in [0.25, 0.3) is 10.9 Å². The normalized spacial score (nSPS) is 18.9. The molecule has 28 heteroatoms. The number of carboxylic acids is 2. The number of guanidine groups is 2. The number of carbonyl (C=O) groups is 10. The molecule has 1 aromatic heterocycles. The number of benzene rings is 1. The van der Waals surface area contributed by atoms with E-state index in [4.69, 9.17) is 22.9 Å². The van der Waals surface area contributed by atoms with Gasteiger partial charge in [-0.2, -0.15) is 0 Å². The fourth-order valence-corrected chi connectivity index (χ4v) is 9.86. The minimum Gasteiger partial charge on any atom is -0.481 e. The first-order chi connectivity index (χ1) is 37.1. The van der Waals surface area contributed by atoms with Gasteiger partial charge in [-0.3, -0.25) is 53.1 Å². The van der Waals surface area contributed by atoms with Gasteiger partial charge in [-0.05, 0) is 94.7 Å². The van der Waals surface area contributed by atoms with Crippen molar-refractivity contribution in [1.29, 1.82) is 0 Å². The van der Waals surface area contributed by atoms with Crippen LogP contribution in [0.1, 0.15) is 96.5 Å². The maximum absolute atomic E-state index is 14.6. The van der Waals surface area contributed by atoms with Crippen molar-refractivity contribution in [3.8, 4) is 0 Å². The van der Waals surface area contributed by atoms with E-state index in [0.29, 0.717) is 25.8 Å². The predicted molar refractivity (Wildman–Crippen MR) is 284 cm³/mol. The molecular weight excluding hydrogens is 1020 g/mol. The van der Waals surface area contributed by atoms with Gasteiger partial charge in [-0.15, -0.1) is 0 Å². The van der Waals surface area contributed by atoms with Gasteiger partial charge in [0.1, 0.15) is 42.3 Å². The van der Waals surface area contributed by atoms with Crippen molar-refractivity contribution in [3.63, 3.8) is 0 Å². The van der Waals surface area contributed by atoms with Crippen LogP contribution in [-0.2, 0) is 54.4 Å². The second-order valence-electron chi connectivity index (χ2n) is 20.1. The fraction of sp³-hybridized carbons (Fsp3) is 0.600. The SMILES string of the molecule is CC(C)C[C@H](NC(=O)[C@H](CC(=O)O)NC(=O)CNC(=O)[C@H](CCCN=C(N)N)NC(=O)[C@H](CCCN=C(N)N)NC(=O)[C@@H]1CCCN1C(=O)[C@H](Cc1c[nH]c2ccccc12)NC(=O)[C@@H]1CCCN1)C(=O)N1CCC[C@H]1C(=O)O. The van der Waals surface area contributed by atoms with Gasteiger partial charge >= 0.3 is 11.9 Å². The largest absolute Gasteiger partial charge is 0.481 e. The lowest BCUT2D eigenvalue weighted by Gasteiger charge is -2.30. The van der Waals surface area contributed by atoms with E-state index in [-0.39, 0.29) is 101 Å². The van der Waals surface area contributed by atoms with E-state index < -0.39 is 115 Å². The molecule has 4 heterocycles. The second-order valence-corrected chi connectivity index (χ2v) is 20.1. The summed E-state index contributed by atoms with van der Waals surface area (Å²) >= 11 is 0. The van der Waals surface area contributed by atoms with Gasteiger partial charge in [-0.25, -0.2) is 4.79 Å². The molecular formula is C50H76N16O12. The summed E-state index contributed by atoms with van der Waals surface area (Å²) in [4.78, 5) is 149. The van der Waals surface area contributed by atoms with Crippen LogP contribution in [-0.4, -0.2) is 184 Å². The monoisotopic (exact) mass is 1090 g/mol. The number of hydrogen-bond acceptors (Lipinski definition) is 13. The van der Waals surface area contributed by atoms with E-state index in [0.717, 1.165) is 27.8 Å². The number of nitrogens with two attached hydrogens (primary N) is 4. The number of aliphatic imine (C=N–C) groups is 2. The van der Waals surface area contributed by atoms with Gasteiger partial charge in [0.05, 0.1) is 19.0 Å². The fourth-order valence-electron chi connectivity index (χ4n) is 9.86. The van der Waals surface area contributed by atoms with E-state index in [1.165, 1.54) is 4.90 Å². The molecule has 3 saturated heterocycles. The molecule has 8 atom stereocenters. The van der Waals surface area contributed by atoms with Gasteiger partial charge < -0.3 is 85.1 Å². The number of rotatable bonds is 29. The molecule has 0 radical (unpaired) electrons. The Bertz CT molecular complexity index is 2540. The van der Waals surface area contributed by atoms with E-state index in [1.807, 2.05) is 24.3 Å². The summed E-state index contributed by atoms with van der Waals surface area (Å²) in [5, 5.41) is 38.9. The van der Waals surface area contributed by atoms with Crippen molar-refractivity contribution >= 4 is 82.0 Å². The summed E-state index contributed by atoms with van der Waals surface area (Å²) in [6.07, 6.45) is 3.85. The summed E-state index contributed by atoms with van der Waals surface area (Å²) < 4.78 is 0. The number of aromatic nitrogens is 1. The number of nitrogens with one attached hydrogen (secondary N) is 8. The van der Waals surface area contributed by atoms with E-state index in [9.17, 15) is 58.2 Å². The minimum atomic E-state index is -1.74. The molecule has 2 aromatic rings. The van der Waals surface area contributed by atoms with Gasteiger partial charge in [0.25, 0.3) is 0 Å². The molecule has 0 spiro atoms. The first kappa shape index (κ1) is 60.8. The lowest BCUT2D eigenvalue weighted by Crippen LogP contribution is -2.59. The Labute approximate surface area is 450 Å². The number of nitrogens with zero attached hydrogens (tertiary/aromatic N) is 4. The third kappa shape index (κ3) is 18.0.